The van der Waals surface area contributed by atoms with Crippen molar-refractivity contribution in [3.05, 3.63) is 35.9 Å². The van der Waals surface area contributed by atoms with Gasteiger partial charge in [0.25, 0.3) is 0 Å². The molecule has 1 rings (SSSR count). The van der Waals surface area contributed by atoms with Gasteiger partial charge in [0, 0.05) is 6.54 Å². The summed E-state index contributed by atoms with van der Waals surface area (Å²) in [5.74, 6) is 0.0403. The van der Waals surface area contributed by atoms with E-state index in [4.69, 9.17) is 4.74 Å². The Kier molecular flexibility index (Phi) is 5.57. The Morgan fingerprint density at radius 1 is 1.31 bits per heavy atom. The lowest BCUT2D eigenvalue weighted by Gasteiger charge is -2.08. The number of hydrogen-bond acceptors (Lipinski definition) is 2. The van der Waals surface area contributed by atoms with Gasteiger partial charge in [-0.3, -0.25) is 4.79 Å². The number of hydrogen-bond donors (Lipinski definition) is 1. The van der Waals surface area contributed by atoms with E-state index in [-0.39, 0.29) is 12.0 Å². The zero-order valence-electron chi connectivity index (χ0n) is 9.90. The molecule has 0 bridgehead atoms. The van der Waals surface area contributed by atoms with E-state index >= 15 is 0 Å². The number of rotatable bonds is 6. The van der Waals surface area contributed by atoms with E-state index in [2.05, 4.69) is 5.32 Å². The molecule has 88 valence electrons. The first-order chi connectivity index (χ1) is 7.68. The van der Waals surface area contributed by atoms with Crippen LogP contribution < -0.4 is 5.32 Å². The SMILES string of the molecule is CC(C)OCCNC(=O)Cc1ccccc1. The maximum Gasteiger partial charge on any atom is 0.224 e. The molecule has 0 heterocycles. The molecular formula is C13H19NO2. The highest BCUT2D eigenvalue weighted by Crippen LogP contribution is 1.98. The Morgan fingerprint density at radius 2 is 2.00 bits per heavy atom. The van der Waals surface area contributed by atoms with E-state index in [0.717, 1.165) is 5.56 Å². The van der Waals surface area contributed by atoms with E-state index in [1.54, 1.807) is 0 Å². The topological polar surface area (TPSA) is 38.3 Å². The Balaban J connectivity index is 2.17. The molecule has 0 fully saturated rings. The van der Waals surface area contributed by atoms with Crippen molar-refractivity contribution in [1.29, 1.82) is 0 Å². The minimum atomic E-state index is 0.0403. The van der Waals surface area contributed by atoms with Gasteiger partial charge in [-0.05, 0) is 19.4 Å². The summed E-state index contributed by atoms with van der Waals surface area (Å²) in [5.41, 5.74) is 1.03. The highest BCUT2D eigenvalue weighted by atomic mass is 16.5. The molecule has 0 unspecified atom stereocenters. The molecule has 0 saturated carbocycles. The average Bonchev–Trinajstić information content (AvgIpc) is 2.25. The molecule has 0 aromatic heterocycles. The number of benzene rings is 1. The highest BCUT2D eigenvalue weighted by molar-refractivity contribution is 5.78. The van der Waals surface area contributed by atoms with Crippen molar-refractivity contribution >= 4 is 5.91 Å². The number of carbonyl (C=O) groups excluding carboxylic acids is 1. The maximum atomic E-state index is 11.5. The quantitative estimate of drug-likeness (QED) is 0.743. The van der Waals surface area contributed by atoms with Crippen LogP contribution in [0.4, 0.5) is 0 Å². The second-order valence-electron chi connectivity index (χ2n) is 3.93. The predicted octanol–water partition coefficient (Wildman–Crippen LogP) is 1.77. The molecular weight excluding hydrogens is 202 g/mol. The zero-order valence-corrected chi connectivity index (χ0v) is 9.90. The van der Waals surface area contributed by atoms with Crippen molar-refractivity contribution in [1.82, 2.24) is 5.32 Å². The van der Waals surface area contributed by atoms with Gasteiger partial charge >= 0.3 is 0 Å². The molecule has 3 heteroatoms. The minimum Gasteiger partial charge on any atom is -0.377 e. The van der Waals surface area contributed by atoms with Crippen LogP contribution in [-0.2, 0) is 16.0 Å². The fraction of sp³-hybridized carbons (Fsp3) is 0.462. The first-order valence-corrected chi connectivity index (χ1v) is 5.60. The van der Waals surface area contributed by atoms with Gasteiger partial charge in [0.05, 0.1) is 19.1 Å². The Hall–Kier alpha value is -1.35. The van der Waals surface area contributed by atoms with Gasteiger partial charge in [-0.25, -0.2) is 0 Å². The smallest absolute Gasteiger partial charge is 0.224 e. The van der Waals surface area contributed by atoms with E-state index in [9.17, 15) is 4.79 Å². The molecule has 0 atom stereocenters. The van der Waals surface area contributed by atoms with Crippen LogP contribution >= 0.6 is 0 Å². The molecule has 0 radical (unpaired) electrons. The molecule has 1 N–H and O–H groups in total. The van der Waals surface area contributed by atoms with Crippen LogP contribution in [0.3, 0.4) is 0 Å². The fourth-order valence-corrected chi connectivity index (χ4v) is 1.33. The van der Waals surface area contributed by atoms with Crippen LogP contribution in [0.1, 0.15) is 19.4 Å². The summed E-state index contributed by atoms with van der Waals surface area (Å²) in [4.78, 5) is 11.5. The van der Waals surface area contributed by atoms with Crippen molar-refractivity contribution in [2.24, 2.45) is 0 Å². The second-order valence-corrected chi connectivity index (χ2v) is 3.93. The van der Waals surface area contributed by atoms with Gasteiger partial charge < -0.3 is 10.1 Å². The van der Waals surface area contributed by atoms with Crippen molar-refractivity contribution < 1.29 is 9.53 Å². The van der Waals surface area contributed by atoms with Crippen LogP contribution in [0.25, 0.3) is 0 Å². The van der Waals surface area contributed by atoms with Crippen LogP contribution in [0, 0.1) is 0 Å². The van der Waals surface area contributed by atoms with Gasteiger partial charge in [0.15, 0.2) is 0 Å². The summed E-state index contributed by atoms with van der Waals surface area (Å²) in [5, 5.41) is 2.82. The first kappa shape index (κ1) is 12.7. The van der Waals surface area contributed by atoms with Crippen LogP contribution in [-0.4, -0.2) is 25.2 Å². The zero-order chi connectivity index (χ0) is 11.8. The van der Waals surface area contributed by atoms with Crippen molar-refractivity contribution in [3.8, 4) is 0 Å². The molecule has 3 nitrogen and oxygen atoms in total. The lowest BCUT2D eigenvalue weighted by atomic mass is 10.1. The number of nitrogens with one attached hydrogen (secondary N) is 1. The summed E-state index contributed by atoms with van der Waals surface area (Å²) in [6.45, 7) is 5.10. The van der Waals surface area contributed by atoms with Gasteiger partial charge in [0.1, 0.15) is 0 Å². The lowest BCUT2D eigenvalue weighted by molar-refractivity contribution is -0.120. The fourth-order valence-electron chi connectivity index (χ4n) is 1.33. The van der Waals surface area contributed by atoms with Crippen molar-refractivity contribution in [2.45, 2.75) is 26.4 Å². The summed E-state index contributed by atoms with van der Waals surface area (Å²) in [6.07, 6.45) is 0.647. The maximum absolute atomic E-state index is 11.5. The molecule has 16 heavy (non-hydrogen) atoms. The summed E-state index contributed by atoms with van der Waals surface area (Å²) in [7, 11) is 0. The normalized spacial score (nSPS) is 10.4. The van der Waals surface area contributed by atoms with E-state index in [1.807, 2.05) is 44.2 Å². The third-order valence-corrected chi connectivity index (χ3v) is 2.08. The molecule has 0 aliphatic carbocycles. The first-order valence-electron chi connectivity index (χ1n) is 5.60. The molecule has 0 spiro atoms. The number of ether oxygens (including phenoxy) is 1. The van der Waals surface area contributed by atoms with Gasteiger partial charge in [-0.1, -0.05) is 30.3 Å². The van der Waals surface area contributed by atoms with Crippen molar-refractivity contribution in [2.75, 3.05) is 13.2 Å². The van der Waals surface area contributed by atoms with Crippen LogP contribution in [0.5, 0.6) is 0 Å². The average molecular weight is 221 g/mol. The third-order valence-electron chi connectivity index (χ3n) is 2.08. The summed E-state index contributed by atoms with van der Waals surface area (Å²) >= 11 is 0. The van der Waals surface area contributed by atoms with Crippen molar-refractivity contribution in [3.63, 3.8) is 0 Å². The molecule has 1 amide bonds. The van der Waals surface area contributed by atoms with Crippen LogP contribution in [0.2, 0.25) is 0 Å². The van der Waals surface area contributed by atoms with E-state index in [1.165, 1.54) is 0 Å². The molecule has 1 aromatic carbocycles. The largest absolute Gasteiger partial charge is 0.377 e. The Bertz CT molecular complexity index is 309. The van der Waals surface area contributed by atoms with Gasteiger partial charge in [-0.2, -0.15) is 0 Å². The molecule has 1 aromatic rings. The summed E-state index contributed by atoms with van der Waals surface area (Å²) < 4.78 is 5.33. The highest BCUT2D eigenvalue weighted by Gasteiger charge is 2.02. The summed E-state index contributed by atoms with van der Waals surface area (Å²) in [6, 6.07) is 9.71. The second kappa shape index (κ2) is 7.01. The molecule has 0 saturated heterocycles. The van der Waals surface area contributed by atoms with Gasteiger partial charge in [0.2, 0.25) is 5.91 Å². The third kappa shape index (κ3) is 5.51. The predicted molar refractivity (Wildman–Crippen MR) is 64.2 cm³/mol. The van der Waals surface area contributed by atoms with Crippen LogP contribution in [0.15, 0.2) is 30.3 Å². The standard InChI is InChI=1S/C13H19NO2/c1-11(2)16-9-8-14-13(15)10-12-6-4-3-5-7-12/h3-7,11H,8-10H2,1-2H3,(H,14,15). The Labute approximate surface area is 96.8 Å². The Morgan fingerprint density at radius 3 is 2.62 bits per heavy atom. The number of carbonyl (C=O) groups is 1. The van der Waals surface area contributed by atoms with E-state index < -0.39 is 0 Å². The number of amides is 1. The van der Waals surface area contributed by atoms with Gasteiger partial charge in [-0.15, -0.1) is 0 Å². The van der Waals surface area contributed by atoms with E-state index in [0.29, 0.717) is 19.6 Å². The lowest BCUT2D eigenvalue weighted by Crippen LogP contribution is -2.29. The molecule has 0 aliphatic rings. The monoisotopic (exact) mass is 221 g/mol. The minimum absolute atomic E-state index is 0.0403. The molecule has 0 aliphatic heterocycles.